The van der Waals surface area contributed by atoms with Crippen LogP contribution in [0.2, 0.25) is 0 Å². The van der Waals surface area contributed by atoms with Crippen LogP contribution in [0.4, 0.5) is 5.69 Å². The predicted molar refractivity (Wildman–Crippen MR) is 112 cm³/mol. The van der Waals surface area contributed by atoms with Gasteiger partial charge in [0, 0.05) is 17.8 Å². The van der Waals surface area contributed by atoms with Gasteiger partial charge in [0.15, 0.2) is 0 Å². The molecule has 1 atom stereocenters. The Labute approximate surface area is 168 Å². The van der Waals surface area contributed by atoms with Crippen LogP contribution in [0.5, 0.6) is 0 Å². The molecule has 0 aromatic heterocycles. The fourth-order valence-electron chi connectivity index (χ4n) is 3.27. The van der Waals surface area contributed by atoms with E-state index in [1.807, 2.05) is 6.07 Å². The van der Waals surface area contributed by atoms with E-state index in [2.05, 4.69) is 41.4 Å². The van der Waals surface area contributed by atoms with Gasteiger partial charge in [-0.3, -0.25) is 9.69 Å². The number of likely N-dealkylation sites (tertiary alicyclic amines) is 1. The second kappa shape index (κ2) is 10.4. The van der Waals surface area contributed by atoms with E-state index < -0.39 is 0 Å². The molecule has 1 aliphatic heterocycles. The third kappa shape index (κ3) is 5.63. The van der Waals surface area contributed by atoms with Gasteiger partial charge in [-0.2, -0.15) is 0 Å². The first kappa shape index (κ1) is 22.3. The van der Waals surface area contributed by atoms with Gasteiger partial charge in [0.1, 0.15) is 0 Å². The van der Waals surface area contributed by atoms with Gasteiger partial charge in [-0.05, 0) is 56.6 Å². The van der Waals surface area contributed by atoms with E-state index in [0.29, 0.717) is 17.8 Å². The molecule has 0 saturated carbocycles. The minimum atomic E-state index is -0.0707. The molecule has 1 amide bonds. The van der Waals surface area contributed by atoms with E-state index in [0.717, 1.165) is 13.1 Å². The highest BCUT2D eigenvalue weighted by Crippen LogP contribution is 2.25. The average molecular weight is 396 g/mol. The number of hydrogen-bond acceptors (Lipinski definition) is 3. The number of carbonyl (C=O) groups excluding carboxylic acids is 1. The summed E-state index contributed by atoms with van der Waals surface area (Å²) in [6, 6.07) is 15.9. The molecule has 3 rings (SSSR count). The van der Waals surface area contributed by atoms with Crippen LogP contribution in [-0.4, -0.2) is 30.4 Å². The van der Waals surface area contributed by atoms with Crippen molar-refractivity contribution in [3.05, 3.63) is 65.2 Å². The highest BCUT2D eigenvalue weighted by Gasteiger charge is 2.24. The molecule has 0 radical (unpaired) electrons. The summed E-state index contributed by atoms with van der Waals surface area (Å²) < 4.78 is 0. The maximum Gasteiger partial charge on any atom is 0.251 e. The summed E-state index contributed by atoms with van der Waals surface area (Å²) in [6.07, 6.45) is 2.46. The molecule has 1 heterocycles. The second-order valence-corrected chi connectivity index (χ2v) is 6.51. The summed E-state index contributed by atoms with van der Waals surface area (Å²) in [6.45, 7) is 4.88. The monoisotopic (exact) mass is 395 g/mol. The standard InChI is InChI=1S/C20H25N3O.2ClH/c1-15-7-9-16(10-8-15)19(23-11-2-3-12-23)14-22-20(24)17-5-4-6-18(21)13-17;;/h4-10,13,19H,2-3,11-12,14,21H2,1H3,(H,22,24);2*1H. The molecule has 2 aromatic rings. The zero-order chi connectivity index (χ0) is 16.9. The molecule has 3 N–H and O–H groups in total. The van der Waals surface area contributed by atoms with Gasteiger partial charge in [0.25, 0.3) is 5.91 Å². The second-order valence-electron chi connectivity index (χ2n) is 6.51. The average Bonchev–Trinajstić information content (AvgIpc) is 3.11. The molecule has 2 aromatic carbocycles. The Morgan fingerprint density at radius 2 is 1.77 bits per heavy atom. The summed E-state index contributed by atoms with van der Waals surface area (Å²) in [4.78, 5) is 14.9. The van der Waals surface area contributed by atoms with E-state index >= 15 is 0 Å². The van der Waals surface area contributed by atoms with Crippen LogP contribution in [0, 0.1) is 6.92 Å². The van der Waals surface area contributed by atoms with Crippen molar-refractivity contribution >= 4 is 36.4 Å². The van der Waals surface area contributed by atoms with Gasteiger partial charge < -0.3 is 11.1 Å². The minimum absolute atomic E-state index is 0. The topological polar surface area (TPSA) is 58.4 Å². The molecular formula is C20H27Cl2N3O. The Hall–Kier alpha value is -1.75. The highest BCUT2D eigenvalue weighted by molar-refractivity contribution is 5.95. The molecule has 1 unspecified atom stereocenters. The third-order valence-corrected chi connectivity index (χ3v) is 4.65. The third-order valence-electron chi connectivity index (χ3n) is 4.65. The zero-order valence-electron chi connectivity index (χ0n) is 15.0. The number of halogens is 2. The van der Waals surface area contributed by atoms with Crippen LogP contribution in [0.3, 0.4) is 0 Å². The van der Waals surface area contributed by atoms with Crippen molar-refractivity contribution in [1.29, 1.82) is 0 Å². The quantitative estimate of drug-likeness (QED) is 0.752. The number of aryl methyl sites for hydroxylation is 1. The summed E-state index contributed by atoms with van der Waals surface area (Å²) >= 11 is 0. The lowest BCUT2D eigenvalue weighted by Crippen LogP contribution is -2.36. The van der Waals surface area contributed by atoms with Crippen molar-refractivity contribution in [1.82, 2.24) is 10.2 Å². The molecule has 26 heavy (non-hydrogen) atoms. The normalized spacial score (nSPS) is 14.8. The molecule has 0 spiro atoms. The van der Waals surface area contributed by atoms with Crippen LogP contribution < -0.4 is 11.1 Å². The molecule has 0 bridgehead atoms. The van der Waals surface area contributed by atoms with E-state index in [9.17, 15) is 4.79 Å². The number of benzene rings is 2. The van der Waals surface area contributed by atoms with Crippen LogP contribution in [0.15, 0.2) is 48.5 Å². The molecule has 0 aliphatic carbocycles. The summed E-state index contributed by atoms with van der Waals surface area (Å²) in [7, 11) is 0. The lowest BCUT2D eigenvalue weighted by molar-refractivity contribution is 0.0938. The van der Waals surface area contributed by atoms with Gasteiger partial charge in [-0.1, -0.05) is 35.9 Å². The highest BCUT2D eigenvalue weighted by atomic mass is 35.5. The largest absolute Gasteiger partial charge is 0.399 e. The lowest BCUT2D eigenvalue weighted by atomic mass is 10.0. The fraction of sp³-hybridized carbons (Fsp3) is 0.350. The van der Waals surface area contributed by atoms with Gasteiger partial charge >= 0.3 is 0 Å². The molecule has 1 saturated heterocycles. The molecular weight excluding hydrogens is 369 g/mol. The Bertz CT molecular complexity index is 700. The van der Waals surface area contributed by atoms with Crippen LogP contribution in [0.25, 0.3) is 0 Å². The molecule has 1 fully saturated rings. The van der Waals surface area contributed by atoms with Crippen LogP contribution in [0.1, 0.15) is 40.4 Å². The van der Waals surface area contributed by atoms with Crippen molar-refractivity contribution in [2.45, 2.75) is 25.8 Å². The number of hydrogen-bond donors (Lipinski definition) is 2. The number of nitrogens with one attached hydrogen (secondary N) is 1. The number of anilines is 1. The SMILES string of the molecule is Cc1ccc(C(CNC(=O)c2cccc(N)c2)N2CCCC2)cc1.Cl.Cl. The first-order chi connectivity index (χ1) is 11.6. The molecule has 4 nitrogen and oxygen atoms in total. The number of nitrogens with zero attached hydrogens (tertiary/aromatic N) is 1. The van der Waals surface area contributed by atoms with Gasteiger partial charge in [-0.15, -0.1) is 24.8 Å². The van der Waals surface area contributed by atoms with Crippen molar-refractivity contribution in [3.63, 3.8) is 0 Å². The Kier molecular flexibility index (Phi) is 8.93. The minimum Gasteiger partial charge on any atom is -0.399 e. The van der Waals surface area contributed by atoms with E-state index in [-0.39, 0.29) is 36.8 Å². The number of carbonyl (C=O) groups is 1. The van der Waals surface area contributed by atoms with E-state index in [1.54, 1.807) is 18.2 Å². The van der Waals surface area contributed by atoms with Gasteiger partial charge in [0.2, 0.25) is 0 Å². The maximum atomic E-state index is 12.4. The predicted octanol–water partition coefficient (Wildman–Crippen LogP) is 3.99. The van der Waals surface area contributed by atoms with Crippen molar-refractivity contribution in [2.24, 2.45) is 0 Å². The molecule has 142 valence electrons. The summed E-state index contributed by atoms with van der Waals surface area (Å²) in [5.41, 5.74) is 9.50. The summed E-state index contributed by atoms with van der Waals surface area (Å²) in [5.74, 6) is -0.0707. The molecule has 1 aliphatic rings. The maximum absolute atomic E-state index is 12.4. The fourth-order valence-corrected chi connectivity index (χ4v) is 3.27. The smallest absolute Gasteiger partial charge is 0.251 e. The van der Waals surface area contributed by atoms with Crippen molar-refractivity contribution in [3.8, 4) is 0 Å². The Morgan fingerprint density at radius 1 is 1.12 bits per heavy atom. The van der Waals surface area contributed by atoms with E-state index in [4.69, 9.17) is 5.73 Å². The lowest BCUT2D eigenvalue weighted by Gasteiger charge is -2.28. The first-order valence-electron chi connectivity index (χ1n) is 8.58. The Morgan fingerprint density at radius 3 is 2.38 bits per heavy atom. The van der Waals surface area contributed by atoms with Crippen molar-refractivity contribution < 1.29 is 4.79 Å². The van der Waals surface area contributed by atoms with Crippen LogP contribution in [-0.2, 0) is 0 Å². The number of nitrogen functional groups attached to an aromatic ring is 1. The number of rotatable bonds is 5. The van der Waals surface area contributed by atoms with Crippen molar-refractivity contribution in [2.75, 3.05) is 25.4 Å². The van der Waals surface area contributed by atoms with Gasteiger partial charge in [-0.25, -0.2) is 0 Å². The first-order valence-corrected chi connectivity index (χ1v) is 8.58. The Balaban J connectivity index is 0.00000169. The van der Waals surface area contributed by atoms with Gasteiger partial charge in [0.05, 0.1) is 6.04 Å². The van der Waals surface area contributed by atoms with Crippen LogP contribution >= 0.6 is 24.8 Å². The number of nitrogens with two attached hydrogens (primary N) is 1. The van der Waals surface area contributed by atoms with E-state index in [1.165, 1.54) is 24.0 Å². The zero-order valence-corrected chi connectivity index (χ0v) is 16.6. The summed E-state index contributed by atoms with van der Waals surface area (Å²) in [5, 5.41) is 3.08. The molecule has 6 heteroatoms. The number of amides is 1.